The number of anilines is 1. The van der Waals surface area contributed by atoms with Crippen molar-refractivity contribution < 1.29 is 0 Å². The minimum Gasteiger partial charge on any atom is -0.397 e. The van der Waals surface area contributed by atoms with E-state index >= 15 is 0 Å². The Morgan fingerprint density at radius 2 is 2.00 bits per heavy atom. The average Bonchev–Trinajstić information content (AvgIpc) is 2.17. The first-order valence-electron chi connectivity index (χ1n) is 4.42. The number of benzene rings is 1. The highest BCUT2D eigenvalue weighted by atomic mass is 79.9. The second kappa shape index (κ2) is 3.24. The molecule has 0 aliphatic carbocycles. The second-order valence-electron chi connectivity index (χ2n) is 3.40. The molecular weight excluding hydrogens is 240 g/mol. The number of hydrogen-bond donors (Lipinski definition) is 1. The topological polar surface area (TPSA) is 38.9 Å². The highest BCUT2D eigenvalue weighted by Crippen LogP contribution is 2.30. The molecule has 0 aliphatic heterocycles. The van der Waals surface area contributed by atoms with Gasteiger partial charge in [0, 0.05) is 5.39 Å². The van der Waals surface area contributed by atoms with E-state index in [1.54, 1.807) is 0 Å². The van der Waals surface area contributed by atoms with Crippen LogP contribution in [-0.4, -0.2) is 4.98 Å². The minimum atomic E-state index is 0.774. The number of rotatable bonds is 0. The summed E-state index contributed by atoms with van der Waals surface area (Å²) in [5.74, 6) is 0. The summed E-state index contributed by atoms with van der Waals surface area (Å²) < 4.78 is 0.899. The SMILES string of the molecule is Cc1nc2c(C)cccc2c(N)c1Br. The molecule has 0 saturated carbocycles. The Morgan fingerprint density at radius 3 is 2.71 bits per heavy atom. The van der Waals surface area contributed by atoms with Gasteiger partial charge in [0.2, 0.25) is 0 Å². The third-order valence-corrected chi connectivity index (χ3v) is 3.36. The summed E-state index contributed by atoms with van der Waals surface area (Å²) in [5.41, 5.74) is 9.86. The van der Waals surface area contributed by atoms with Crippen molar-refractivity contribution in [1.82, 2.24) is 4.98 Å². The van der Waals surface area contributed by atoms with Gasteiger partial charge in [-0.3, -0.25) is 4.98 Å². The van der Waals surface area contributed by atoms with Crippen LogP contribution in [0.25, 0.3) is 10.9 Å². The molecule has 2 rings (SSSR count). The fourth-order valence-corrected chi connectivity index (χ4v) is 1.86. The summed E-state index contributed by atoms with van der Waals surface area (Å²) in [6.45, 7) is 3.99. The smallest absolute Gasteiger partial charge is 0.0755 e. The number of pyridine rings is 1. The van der Waals surface area contributed by atoms with Gasteiger partial charge in [-0.2, -0.15) is 0 Å². The zero-order valence-electron chi connectivity index (χ0n) is 8.13. The van der Waals surface area contributed by atoms with Gasteiger partial charge >= 0.3 is 0 Å². The standard InChI is InChI=1S/C11H11BrN2/c1-6-4-3-5-8-10(13)9(12)7(2)14-11(6)8/h3-5H,1-2H3,(H2,13,14). The van der Waals surface area contributed by atoms with E-state index in [1.165, 1.54) is 0 Å². The summed E-state index contributed by atoms with van der Waals surface area (Å²) in [6, 6.07) is 6.04. The molecule has 0 fully saturated rings. The molecule has 2 aromatic rings. The van der Waals surface area contributed by atoms with Crippen molar-refractivity contribution in [2.24, 2.45) is 0 Å². The van der Waals surface area contributed by atoms with Crippen molar-refractivity contribution in [2.75, 3.05) is 5.73 Å². The van der Waals surface area contributed by atoms with Gasteiger partial charge in [0.25, 0.3) is 0 Å². The Kier molecular flexibility index (Phi) is 2.19. The molecule has 0 unspecified atom stereocenters. The molecule has 1 aromatic heterocycles. The van der Waals surface area contributed by atoms with Crippen LogP contribution in [0.15, 0.2) is 22.7 Å². The monoisotopic (exact) mass is 250 g/mol. The summed E-state index contributed by atoms with van der Waals surface area (Å²) in [7, 11) is 0. The normalized spacial score (nSPS) is 10.8. The quantitative estimate of drug-likeness (QED) is 0.780. The number of nitrogens with two attached hydrogens (primary N) is 1. The lowest BCUT2D eigenvalue weighted by Crippen LogP contribution is -1.96. The van der Waals surface area contributed by atoms with Gasteiger partial charge in [0.15, 0.2) is 0 Å². The molecule has 2 N–H and O–H groups in total. The number of fused-ring (bicyclic) bond motifs is 1. The van der Waals surface area contributed by atoms with Crippen molar-refractivity contribution in [3.05, 3.63) is 33.9 Å². The van der Waals surface area contributed by atoms with Crippen molar-refractivity contribution in [3.63, 3.8) is 0 Å². The summed E-state index contributed by atoms with van der Waals surface area (Å²) in [4.78, 5) is 4.51. The zero-order valence-corrected chi connectivity index (χ0v) is 9.72. The fourth-order valence-electron chi connectivity index (χ4n) is 1.55. The number of para-hydroxylation sites is 1. The number of nitrogens with zero attached hydrogens (tertiary/aromatic N) is 1. The van der Waals surface area contributed by atoms with E-state index in [4.69, 9.17) is 5.73 Å². The van der Waals surface area contributed by atoms with Crippen LogP contribution < -0.4 is 5.73 Å². The predicted octanol–water partition coefficient (Wildman–Crippen LogP) is 3.20. The van der Waals surface area contributed by atoms with Gasteiger partial charge in [-0.05, 0) is 35.3 Å². The lowest BCUT2D eigenvalue weighted by Gasteiger charge is -2.08. The molecule has 1 heterocycles. The molecule has 2 nitrogen and oxygen atoms in total. The van der Waals surface area contributed by atoms with Gasteiger partial charge in [-0.1, -0.05) is 18.2 Å². The molecular formula is C11H11BrN2. The van der Waals surface area contributed by atoms with E-state index in [2.05, 4.69) is 20.9 Å². The zero-order chi connectivity index (χ0) is 10.3. The average molecular weight is 251 g/mol. The first-order valence-corrected chi connectivity index (χ1v) is 5.21. The second-order valence-corrected chi connectivity index (χ2v) is 4.19. The summed E-state index contributed by atoms with van der Waals surface area (Å²) in [6.07, 6.45) is 0. The maximum Gasteiger partial charge on any atom is 0.0755 e. The van der Waals surface area contributed by atoms with E-state index in [0.717, 1.165) is 32.3 Å². The Morgan fingerprint density at radius 1 is 1.29 bits per heavy atom. The van der Waals surface area contributed by atoms with Crippen molar-refractivity contribution in [3.8, 4) is 0 Å². The Labute approximate surface area is 91.3 Å². The van der Waals surface area contributed by atoms with Crippen molar-refractivity contribution in [2.45, 2.75) is 13.8 Å². The van der Waals surface area contributed by atoms with E-state index in [-0.39, 0.29) is 0 Å². The first kappa shape index (κ1) is 9.46. The molecule has 3 heteroatoms. The molecule has 0 bridgehead atoms. The third kappa shape index (κ3) is 1.28. The van der Waals surface area contributed by atoms with Gasteiger partial charge < -0.3 is 5.73 Å². The molecule has 72 valence electrons. The maximum atomic E-state index is 6.00. The van der Waals surface area contributed by atoms with Gasteiger partial charge in [-0.15, -0.1) is 0 Å². The molecule has 0 aliphatic rings. The van der Waals surface area contributed by atoms with Crippen LogP contribution in [0.2, 0.25) is 0 Å². The third-order valence-electron chi connectivity index (χ3n) is 2.36. The van der Waals surface area contributed by atoms with Crippen LogP contribution >= 0.6 is 15.9 Å². The first-order chi connectivity index (χ1) is 6.61. The van der Waals surface area contributed by atoms with Crippen molar-refractivity contribution >= 4 is 32.5 Å². The molecule has 0 spiro atoms. The lowest BCUT2D eigenvalue weighted by atomic mass is 10.1. The highest BCUT2D eigenvalue weighted by molar-refractivity contribution is 9.10. The van der Waals surface area contributed by atoms with Crippen molar-refractivity contribution in [1.29, 1.82) is 0 Å². The molecule has 1 aromatic carbocycles. The minimum absolute atomic E-state index is 0.774. The largest absolute Gasteiger partial charge is 0.397 e. The number of nitrogen functional groups attached to an aromatic ring is 1. The molecule has 0 atom stereocenters. The summed E-state index contributed by atoms with van der Waals surface area (Å²) >= 11 is 3.44. The highest BCUT2D eigenvalue weighted by Gasteiger charge is 2.08. The number of aromatic nitrogens is 1. The van der Waals surface area contributed by atoms with Crippen LogP contribution in [0, 0.1) is 13.8 Å². The Balaban J connectivity index is 2.98. The van der Waals surface area contributed by atoms with Gasteiger partial charge in [0.1, 0.15) is 0 Å². The van der Waals surface area contributed by atoms with E-state index in [0.29, 0.717) is 0 Å². The number of halogens is 1. The number of aryl methyl sites for hydroxylation is 2. The van der Waals surface area contributed by atoms with E-state index < -0.39 is 0 Å². The molecule has 0 amide bonds. The molecule has 0 radical (unpaired) electrons. The van der Waals surface area contributed by atoms with Crippen LogP contribution in [0.5, 0.6) is 0 Å². The van der Waals surface area contributed by atoms with Crippen LogP contribution in [0.1, 0.15) is 11.3 Å². The predicted molar refractivity (Wildman–Crippen MR) is 63.3 cm³/mol. The number of hydrogen-bond acceptors (Lipinski definition) is 2. The Hall–Kier alpha value is -1.09. The summed E-state index contributed by atoms with van der Waals surface area (Å²) in [5, 5.41) is 1.02. The van der Waals surface area contributed by atoms with Crippen LogP contribution in [0.4, 0.5) is 5.69 Å². The van der Waals surface area contributed by atoms with Crippen LogP contribution in [0.3, 0.4) is 0 Å². The van der Waals surface area contributed by atoms with Gasteiger partial charge in [-0.25, -0.2) is 0 Å². The Bertz CT molecular complexity index is 506. The van der Waals surface area contributed by atoms with E-state index in [1.807, 2.05) is 32.0 Å². The fraction of sp³-hybridized carbons (Fsp3) is 0.182. The van der Waals surface area contributed by atoms with E-state index in [9.17, 15) is 0 Å². The molecule has 0 saturated heterocycles. The molecule has 14 heavy (non-hydrogen) atoms. The lowest BCUT2D eigenvalue weighted by molar-refractivity contribution is 1.22. The van der Waals surface area contributed by atoms with Gasteiger partial charge in [0.05, 0.1) is 21.4 Å². The van der Waals surface area contributed by atoms with Crippen LogP contribution in [-0.2, 0) is 0 Å². The maximum absolute atomic E-state index is 6.00.